The van der Waals surface area contributed by atoms with Gasteiger partial charge in [-0.05, 0) is 14.4 Å². The maximum absolute atomic E-state index is 11.4. The Morgan fingerprint density at radius 3 is 1.78 bits per heavy atom. The van der Waals surface area contributed by atoms with Gasteiger partial charge in [0.05, 0.1) is 10.3 Å². The molecule has 0 bridgehead atoms. The Hall–Kier alpha value is -3.18. The van der Waals surface area contributed by atoms with Gasteiger partial charge in [0.25, 0.3) is 11.0 Å². The van der Waals surface area contributed by atoms with Gasteiger partial charge in [0.15, 0.2) is 5.16 Å². The second-order valence-corrected chi connectivity index (χ2v) is 3.40. The van der Waals surface area contributed by atoms with Crippen LogP contribution in [0.2, 0.25) is 0 Å². The molecule has 4 rings (SSSR count). The summed E-state index contributed by atoms with van der Waals surface area (Å²) >= 11 is 0. The minimum Gasteiger partial charge on any atom is -0.359 e. The first-order valence-corrected chi connectivity index (χ1v) is 4.50. The number of benzene rings is 1. The lowest BCUT2D eigenvalue weighted by molar-refractivity contribution is -1.02. The summed E-state index contributed by atoms with van der Waals surface area (Å²) in [6.07, 6.45) is 0. The van der Waals surface area contributed by atoms with Crippen LogP contribution in [0.15, 0.2) is 13.9 Å². The van der Waals surface area contributed by atoms with Gasteiger partial charge in [-0.3, -0.25) is 9.26 Å². The first-order valence-electron chi connectivity index (χ1n) is 4.50. The number of nitrogens with zero attached hydrogens (tertiary/aromatic N) is 6. The molecule has 0 amide bonds. The van der Waals surface area contributed by atoms with Gasteiger partial charge < -0.3 is 15.6 Å². The molecule has 0 aliphatic rings. The highest BCUT2D eigenvalue weighted by Crippen LogP contribution is 2.26. The molecule has 0 saturated carbocycles. The number of aromatic nitrogens is 6. The standard InChI is InChI=1S/C6HN6O6/c13-10-4-1(7-16-10)5-3(8-17-11(5)14)6-2(4)9-18-12(6)15/h13H/q+1. The zero-order valence-corrected chi connectivity index (χ0v) is 8.17. The van der Waals surface area contributed by atoms with Crippen LogP contribution in [-0.2, 0) is 0 Å². The molecule has 1 N–H and O–H groups in total. The van der Waals surface area contributed by atoms with Gasteiger partial charge in [-0.15, -0.1) is 0 Å². The zero-order valence-electron chi connectivity index (χ0n) is 8.17. The monoisotopic (exact) mass is 253 g/mol. The van der Waals surface area contributed by atoms with E-state index in [-0.39, 0.29) is 47.8 Å². The third kappa shape index (κ3) is 0.783. The summed E-state index contributed by atoms with van der Waals surface area (Å²) in [5.41, 5.74) is -0.694. The predicted molar refractivity (Wildman–Crippen MR) is 44.4 cm³/mol. The van der Waals surface area contributed by atoms with Crippen molar-refractivity contribution in [1.82, 2.24) is 15.5 Å². The number of rotatable bonds is 0. The third-order valence-electron chi connectivity index (χ3n) is 2.52. The molecule has 0 saturated heterocycles. The van der Waals surface area contributed by atoms with Crippen molar-refractivity contribution in [3.8, 4) is 0 Å². The molecule has 1 aromatic carbocycles. The number of fused-ring (bicyclic) bond motifs is 6. The molecule has 0 unspecified atom stereocenters. The Kier molecular flexibility index (Phi) is 1.26. The second-order valence-electron chi connectivity index (χ2n) is 3.40. The van der Waals surface area contributed by atoms with E-state index >= 15 is 0 Å². The third-order valence-corrected chi connectivity index (χ3v) is 2.52. The maximum atomic E-state index is 11.4. The van der Waals surface area contributed by atoms with Gasteiger partial charge in [-0.1, -0.05) is 0 Å². The molecule has 0 aliphatic carbocycles. The Balaban J connectivity index is 2.51. The van der Waals surface area contributed by atoms with Crippen LogP contribution in [0.4, 0.5) is 0 Å². The Morgan fingerprint density at radius 2 is 1.22 bits per heavy atom. The molecule has 3 heterocycles. The van der Waals surface area contributed by atoms with E-state index in [1.165, 1.54) is 0 Å². The maximum Gasteiger partial charge on any atom is 0.338 e. The Bertz CT molecular complexity index is 769. The van der Waals surface area contributed by atoms with Crippen molar-refractivity contribution in [2.45, 2.75) is 0 Å². The minimum atomic E-state index is -0.179. The molecule has 0 fully saturated rings. The number of hydrogen-bond acceptors (Lipinski definition) is 9. The van der Waals surface area contributed by atoms with Crippen LogP contribution in [-0.4, -0.2) is 20.7 Å². The van der Waals surface area contributed by atoms with E-state index in [9.17, 15) is 15.6 Å². The SMILES string of the molecule is [O-][n+]1onc2c1c1no[n+]([O-])c1c1no[n+](O)c21. The Labute approximate surface area is 93.8 Å². The van der Waals surface area contributed by atoms with Crippen molar-refractivity contribution in [1.29, 1.82) is 0 Å². The van der Waals surface area contributed by atoms with Gasteiger partial charge in [0.2, 0.25) is 0 Å². The highest BCUT2D eigenvalue weighted by atomic mass is 16.8. The summed E-state index contributed by atoms with van der Waals surface area (Å²) < 4.78 is 13.2. The van der Waals surface area contributed by atoms with E-state index in [4.69, 9.17) is 0 Å². The van der Waals surface area contributed by atoms with E-state index in [1.54, 1.807) is 0 Å². The lowest BCUT2D eigenvalue weighted by atomic mass is 10.2. The first kappa shape index (κ1) is 8.91. The largest absolute Gasteiger partial charge is 0.359 e. The second kappa shape index (κ2) is 2.55. The van der Waals surface area contributed by atoms with Crippen LogP contribution in [0, 0.1) is 10.4 Å². The van der Waals surface area contributed by atoms with Crippen molar-refractivity contribution >= 4 is 33.1 Å². The fourth-order valence-electron chi connectivity index (χ4n) is 1.82. The predicted octanol–water partition coefficient (Wildman–Crippen LogP) is -2.10. The fraction of sp³-hybridized carbons (Fsp3) is 0. The molecule has 18 heavy (non-hydrogen) atoms. The van der Waals surface area contributed by atoms with Crippen LogP contribution in [0.25, 0.3) is 33.1 Å². The van der Waals surface area contributed by atoms with Crippen molar-refractivity contribution in [3.05, 3.63) is 10.4 Å². The van der Waals surface area contributed by atoms with Crippen molar-refractivity contribution in [2.75, 3.05) is 0 Å². The molecular formula is C6HN6O6+. The summed E-state index contributed by atoms with van der Waals surface area (Å²) in [6, 6.07) is 0. The molecule has 12 nitrogen and oxygen atoms in total. The zero-order chi connectivity index (χ0) is 12.4. The van der Waals surface area contributed by atoms with E-state index in [0.717, 1.165) is 0 Å². The molecular weight excluding hydrogens is 252 g/mol. The first-order chi connectivity index (χ1) is 8.68. The van der Waals surface area contributed by atoms with Crippen molar-refractivity contribution in [3.63, 3.8) is 0 Å². The van der Waals surface area contributed by atoms with Crippen LogP contribution >= 0.6 is 0 Å². The van der Waals surface area contributed by atoms with Gasteiger partial charge in [0.1, 0.15) is 4.90 Å². The van der Waals surface area contributed by atoms with Crippen LogP contribution in [0.3, 0.4) is 0 Å². The van der Waals surface area contributed by atoms with Gasteiger partial charge in [0, 0.05) is 0 Å². The van der Waals surface area contributed by atoms with E-state index < -0.39 is 0 Å². The topological polar surface area (TPSA) is 156 Å². The minimum absolute atomic E-state index is 0.0344. The lowest BCUT2D eigenvalue weighted by Gasteiger charge is -1.84. The van der Waals surface area contributed by atoms with E-state index in [1.807, 2.05) is 0 Å². The molecule has 0 radical (unpaired) electrons. The quantitative estimate of drug-likeness (QED) is 0.274. The molecule has 90 valence electrons. The highest BCUT2D eigenvalue weighted by Gasteiger charge is 2.38. The van der Waals surface area contributed by atoms with Crippen LogP contribution in [0.5, 0.6) is 0 Å². The summed E-state index contributed by atoms with van der Waals surface area (Å²) in [6.45, 7) is 0. The smallest absolute Gasteiger partial charge is 0.338 e. The Morgan fingerprint density at radius 1 is 0.778 bits per heavy atom. The number of hydrogen-bond donors (Lipinski definition) is 1. The van der Waals surface area contributed by atoms with Crippen LogP contribution < -0.4 is 14.7 Å². The highest BCUT2D eigenvalue weighted by molar-refractivity contribution is 6.14. The normalized spacial score (nSPS) is 12.0. The lowest BCUT2D eigenvalue weighted by Crippen LogP contribution is -2.29. The van der Waals surface area contributed by atoms with Gasteiger partial charge >= 0.3 is 22.1 Å². The molecule has 3 aromatic heterocycles. The summed E-state index contributed by atoms with van der Waals surface area (Å²) in [4.78, 5) is 0.325. The van der Waals surface area contributed by atoms with Crippen molar-refractivity contribution in [2.24, 2.45) is 0 Å². The summed E-state index contributed by atoms with van der Waals surface area (Å²) in [7, 11) is 0. The van der Waals surface area contributed by atoms with Crippen molar-refractivity contribution < 1.29 is 33.8 Å². The molecule has 0 atom stereocenters. The molecule has 4 aromatic rings. The average Bonchev–Trinajstić information content (AvgIpc) is 2.99. The summed E-state index contributed by atoms with van der Waals surface area (Å²) in [5, 5.41) is 42.6. The molecule has 12 heteroatoms. The average molecular weight is 253 g/mol. The van der Waals surface area contributed by atoms with E-state index in [0.29, 0.717) is 0 Å². The fourth-order valence-corrected chi connectivity index (χ4v) is 1.82. The van der Waals surface area contributed by atoms with Gasteiger partial charge in [-0.2, -0.15) is 0 Å². The van der Waals surface area contributed by atoms with E-state index in [2.05, 4.69) is 29.4 Å². The van der Waals surface area contributed by atoms with Gasteiger partial charge in [-0.25, -0.2) is 0 Å². The van der Waals surface area contributed by atoms with Crippen LogP contribution in [0.1, 0.15) is 0 Å². The molecule has 0 spiro atoms. The summed E-state index contributed by atoms with van der Waals surface area (Å²) in [5.74, 6) is 0. The molecule has 0 aliphatic heterocycles.